The van der Waals surface area contributed by atoms with Crippen LogP contribution >= 0.6 is 11.8 Å². The number of hydrogen-bond acceptors (Lipinski definition) is 1. The molecule has 0 aromatic heterocycles. The molecule has 0 aliphatic heterocycles. The number of nitrogens with zero attached hydrogens (tertiary/aromatic N) is 1. The number of halogens is 1. The highest BCUT2D eigenvalue weighted by Crippen LogP contribution is 2.26. The van der Waals surface area contributed by atoms with Crippen LogP contribution in [0, 0.1) is 5.92 Å². The summed E-state index contributed by atoms with van der Waals surface area (Å²) in [6.07, 6.45) is 8.50. The van der Waals surface area contributed by atoms with Gasteiger partial charge in [-0.15, -0.1) is 0 Å². The number of hydrogen-bond donors (Lipinski definition) is 0. The van der Waals surface area contributed by atoms with Crippen LogP contribution < -0.4 is 0 Å². The first-order valence-corrected chi connectivity index (χ1v) is 5.00. The van der Waals surface area contributed by atoms with Gasteiger partial charge in [-0.1, -0.05) is 32.1 Å². The largest absolute Gasteiger partial charge is 0.223 e. The molecule has 1 saturated carbocycles. The van der Waals surface area contributed by atoms with Crippen molar-refractivity contribution in [1.29, 1.82) is 0 Å². The summed E-state index contributed by atoms with van der Waals surface area (Å²) in [4.78, 5) is 0. The van der Waals surface area contributed by atoms with E-state index < -0.39 is 0 Å². The molecule has 1 fully saturated rings. The smallest absolute Gasteiger partial charge is 0.0138 e. The van der Waals surface area contributed by atoms with Gasteiger partial charge in [0.25, 0.3) is 0 Å². The minimum atomic E-state index is 0.963. The van der Waals surface area contributed by atoms with Crippen molar-refractivity contribution in [3.05, 3.63) is 0 Å². The van der Waals surface area contributed by atoms with E-state index in [4.69, 9.17) is 11.8 Å². The SMILES string of the molecule is CN(Cl)CCC1CCCCC1. The summed E-state index contributed by atoms with van der Waals surface area (Å²) in [6, 6.07) is 0. The van der Waals surface area contributed by atoms with Crippen molar-refractivity contribution in [3.63, 3.8) is 0 Å². The Bertz CT molecular complexity index is 97.7. The third kappa shape index (κ3) is 3.97. The summed E-state index contributed by atoms with van der Waals surface area (Å²) in [5, 5.41) is 0. The molecule has 1 aliphatic rings. The van der Waals surface area contributed by atoms with Gasteiger partial charge in [-0.2, -0.15) is 0 Å². The molecule has 1 nitrogen and oxygen atoms in total. The van der Waals surface area contributed by atoms with Crippen LogP contribution in [-0.2, 0) is 0 Å². The monoisotopic (exact) mass is 175 g/mol. The maximum atomic E-state index is 5.73. The molecule has 0 amide bonds. The van der Waals surface area contributed by atoms with Crippen molar-refractivity contribution < 1.29 is 0 Å². The fourth-order valence-corrected chi connectivity index (χ4v) is 1.93. The molecule has 0 spiro atoms. The second-order valence-electron chi connectivity index (χ2n) is 3.62. The second-order valence-corrected chi connectivity index (χ2v) is 4.20. The van der Waals surface area contributed by atoms with Crippen molar-refractivity contribution in [3.8, 4) is 0 Å². The van der Waals surface area contributed by atoms with Crippen LogP contribution in [-0.4, -0.2) is 18.0 Å². The zero-order valence-corrected chi connectivity index (χ0v) is 8.11. The summed E-state index contributed by atoms with van der Waals surface area (Å²) >= 11 is 5.73. The molecule has 0 atom stereocenters. The van der Waals surface area contributed by atoms with E-state index in [1.165, 1.54) is 38.5 Å². The summed E-state index contributed by atoms with van der Waals surface area (Å²) in [5.41, 5.74) is 0. The van der Waals surface area contributed by atoms with E-state index in [1.807, 2.05) is 7.05 Å². The topological polar surface area (TPSA) is 3.24 Å². The van der Waals surface area contributed by atoms with Crippen LogP contribution in [0.1, 0.15) is 38.5 Å². The van der Waals surface area contributed by atoms with Crippen molar-refractivity contribution >= 4 is 11.8 Å². The van der Waals surface area contributed by atoms with E-state index in [0.717, 1.165) is 12.5 Å². The Morgan fingerprint density at radius 1 is 1.27 bits per heavy atom. The van der Waals surface area contributed by atoms with E-state index in [-0.39, 0.29) is 0 Å². The zero-order valence-electron chi connectivity index (χ0n) is 7.35. The Kier molecular flexibility index (Phi) is 4.24. The maximum Gasteiger partial charge on any atom is 0.0138 e. The van der Waals surface area contributed by atoms with Crippen LogP contribution in [0.3, 0.4) is 0 Å². The molecule has 0 aromatic rings. The Morgan fingerprint density at radius 2 is 1.91 bits per heavy atom. The van der Waals surface area contributed by atoms with E-state index >= 15 is 0 Å². The summed E-state index contributed by atoms with van der Waals surface area (Å²) < 4.78 is 1.77. The normalized spacial score (nSPS) is 21.0. The molecule has 1 rings (SSSR count). The second kappa shape index (κ2) is 5.00. The van der Waals surface area contributed by atoms with Crippen LogP contribution in [0.2, 0.25) is 0 Å². The predicted molar refractivity (Wildman–Crippen MR) is 49.7 cm³/mol. The van der Waals surface area contributed by atoms with Crippen molar-refractivity contribution in [2.45, 2.75) is 38.5 Å². The lowest BCUT2D eigenvalue weighted by Crippen LogP contribution is -2.14. The Balaban J connectivity index is 2.05. The van der Waals surface area contributed by atoms with Gasteiger partial charge in [0.15, 0.2) is 0 Å². The first kappa shape index (κ1) is 9.34. The molecular formula is C9H18ClN. The average molecular weight is 176 g/mol. The highest BCUT2D eigenvalue weighted by Gasteiger charge is 2.12. The zero-order chi connectivity index (χ0) is 8.10. The van der Waals surface area contributed by atoms with Gasteiger partial charge in [-0.3, -0.25) is 0 Å². The van der Waals surface area contributed by atoms with Crippen LogP contribution in [0.4, 0.5) is 0 Å². The Labute approximate surface area is 74.8 Å². The third-order valence-electron chi connectivity index (χ3n) is 2.57. The average Bonchev–Trinajstić information content (AvgIpc) is 2.03. The van der Waals surface area contributed by atoms with Crippen LogP contribution in [0.15, 0.2) is 0 Å². The van der Waals surface area contributed by atoms with Crippen LogP contribution in [0.5, 0.6) is 0 Å². The molecule has 0 N–H and O–H groups in total. The summed E-state index contributed by atoms with van der Waals surface area (Å²) in [7, 11) is 1.93. The van der Waals surface area contributed by atoms with Crippen molar-refractivity contribution in [2.75, 3.05) is 13.6 Å². The van der Waals surface area contributed by atoms with E-state index in [0.29, 0.717) is 0 Å². The minimum Gasteiger partial charge on any atom is -0.223 e. The lowest BCUT2D eigenvalue weighted by atomic mass is 9.87. The molecule has 0 heterocycles. The van der Waals surface area contributed by atoms with Crippen molar-refractivity contribution in [1.82, 2.24) is 4.42 Å². The quantitative estimate of drug-likeness (QED) is 0.596. The molecule has 2 heteroatoms. The molecule has 0 bridgehead atoms. The molecule has 66 valence electrons. The molecular weight excluding hydrogens is 158 g/mol. The molecule has 0 saturated heterocycles. The first-order chi connectivity index (χ1) is 5.29. The van der Waals surface area contributed by atoms with Crippen molar-refractivity contribution in [2.24, 2.45) is 5.92 Å². The van der Waals surface area contributed by atoms with Gasteiger partial charge in [0.05, 0.1) is 0 Å². The molecule has 11 heavy (non-hydrogen) atoms. The highest BCUT2D eigenvalue weighted by molar-refractivity contribution is 6.13. The van der Waals surface area contributed by atoms with Gasteiger partial charge in [0.2, 0.25) is 0 Å². The van der Waals surface area contributed by atoms with Gasteiger partial charge >= 0.3 is 0 Å². The Hall–Kier alpha value is 0.250. The fraction of sp³-hybridized carbons (Fsp3) is 1.00. The summed E-state index contributed by atoms with van der Waals surface area (Å²) in [5.74, 6) is 0.963. The maximum absolute atomic E-state index is 5.73. The third-order valence-corrected chi connectivity index (χ3v) is 2.74. The summed E-state index contributed by atoms with van der Waals surface area (Å²) in [6.45, 7) is 1.05. The molecule has 1 aliphatic carbocycles. The molecule has 0 unspecified atom stereocenters. The lowest BCUT2D eigenvalue weighted by Gasteiger charge is -2.22. The van der Waals surface area contributed by atoms with Gasteiger partial charge in [0.1, 0.15) is 0 Å². The van der Waals surface area contributed by atoms with Gasteiger partial charge in [-0.25, -0.2) is 4.42 Å². The molecule has 0 aromatic carbocycles. The lowest BCUT2D eigenvalue weighted by molar-refractivity contribution is 0.318. The van der Waals surface area contributed by atoms with E-state index in [2.05, 4.69) is 0 Å². The standard InChI is InChI=1S/C9H18ClN/c1-11(10)8-7-9-5-3-2-4-6-9/h9H,2-8H2,1H3. The van der Waals surface area contributed by atoms with Gasteiger partial charge in [0, 0.05) is 13.6 Å². The first-order valence-electron chi connectivity index (χ1n) is 4.66. The number of rotatable bonds is 3. The van der Waals surface area contributed by atoms with E-state index in [9.17, 15) is 0 Å². The molecule has 0 radical (unpaired) electrons. The van der Waals surface area contributed by atoms with E-state index in [1.54, 1.807) is 4.42 Å². The van der Waals surface area contributed by atoms with Gasteiger partial charge in [-0.05, 0) is 24.1 Å². The van der Waals surface area contributed by atoms with Gasteiger partial charge < -0.3 is 0 Å². The minimum absolute atomic E-state index is 0.963. The Morgan fingerprint density at radius 3 is 2.45 bits per heavy atom. The fourth-order valence-electron chi connectivity index (χ4n) is 1.84. The van der Waals surface area contributed by atoms with Crippen LogP contribution in [0.25, 0.3) is 0 Å². The highest BCUT2D eigenvalue weighted by atomic mass is 35.5. The predicted octanol–water partition coefficient (Wildman–Crippen LogP) is 3.04.